The number of anilines is 1. The summed E-state index contributed by atoms with van der Waals surface area (Å²) in [5.41, 5.74) is 6.60. The van der Waals surface area contributed by atoms with Crippen LogP contribution in [0.2, 0.25) is 0 Å². The summed E-state index contributed by atoms with van der Waals surface area (Å²) in [6.45, 7) is 0. The van der Waals surface area contributed by atoms with E-state index < -0.39 is 5.97 Å². The van der Waals surface area contributed by atoms with Gasteiger partial charge in [0.1, 0.15) is 11.6 Å². The van der Waals surface area contributed by atoms with E-state index in [1.54, 1.807) is 24.3 Å². The third-order valence-electron chi connectivity index (χ3n) is 2.89. The van der Waals surface area contributed by atoms with Crippen molar-refractivity contribution in [2.24, 2.45) is 0 Å². The number of nitrogens with zero attached hydrogens (tertiary/aromatic N) is 1. The molecule has 4 N–H and O–H groups in total. The van der Waals surface area contributed by atoms with Crippen molar-refractivity contribution in [1.29, 1.82) is 0 Å². The predicted molar refractivity (Wildman–Crippen MR) is 86.5 cm³/mol. The molecule has 0 aliphatic heterocycles. The lowest BCUT2D eigenvalue weighted by Crippen LogP contribution is -2.11. The quantitative estimate of drug-likeness (QED) is 0.507. The predicted octanol–water partition coefficient (Wildman–Crippen LogP) is 0.883. The zero-order chi connectivity index (χ0) is 16.8. The van der Waals surface area contributed by atoms with Crippen LogP contribution in [0.1, 0.15) is 11.1 Å². The van der Waals surface area contributed by atoms with Gasteiger partial charge in [-0.2, -0.15) is 0 Å². The lowest BCUT2D eigenvalue weighted by molar-refractivity contribution is -0.136. The number of ketones is 1. The Morgan fingerprint density at radius 1 is 1.17 bits per heavy atom. The first-order valence-corrected chi connectivity index (χ1v) is 7.72. The number of Topliss-reactive ketones (excluding diaryl/α,β-unsaturated/α-hetero) is 1. The molecule has 0 amide bonds. The van der Waals surface area contributed by atoms with Crippen molar-refractivity contribution in [2.45, 2.75) is 18.0 Å². The molecule has 0 unspecified atom stereocenters. The van der Waals surface area contributed by atoms with Crippen molar-refractivity contribution in [3.8, 4) is 0 Å². The molecule has 0 aliphatic rings. The third kappa shape index (κ3) is 5.59. The first kappa shape index (κ1) is 16.8. The van der Waals surface area contributed by atoms with Gasteiger partial charge < -0.3 is 15.8 Å². The summed E-state index contributed by atoms with van der Waals surface area (Å²) in [6, 6.07) is 8.04. The van der Waals surface area contributed by atoms with Gasteiger partial charge in [-0.1, -0.05) is 36.0 Å². The summed E-state index contributed by atoms with van der Waals surface area (Å²) in [5.74, 6) is -0.666. The van der Waals surface area contributed by atoms with Crippen molar-refractivity contribution >= 4 is 29.3 Å². The maximum Gasteiger partial charge on any atom is 0.307 e. The summed E-state index contributed by atoms with van der Waals surface area (Å²) in [5, 5.41) is 9.01. The number of thioether (sulfide) groups is 1. The smallest absolute Gasteiger partial charge is 0.307 e. The largest absolute Gasteiger partial charge is 0.481 e. The van der Waals surface area contributed by atoms with Crippen molar-refractivity contribution in [3.63, 3.8) is 0 Å². The number of hydrogen-bond acceptors (Lipinski definition) is 6. The second-order valence-corrected chi connectivity index (χ2v) is 5.83. The van der Waals surface area contributed by atoms with Gasteiger partial charge in [0, 0.05) is 12.5 Å². The van der Waals surface area contributed by atoms with Gasteiger partial charge in [0.15, 0.2) is 5.16 Å². The lowest BCUT2D eigenvalue weighted by Gasteiger charge is -2.03. The van der Waals surface area contributed by atoms with Gasteiger partial charge in [0.05, 0.1) is 12.2 Å². The van der Waals surface area contributed by atoms with Crippen LogP contribution in [0.3, 0.4) is 0 Å². The number of hydrogen-bond donors (Lipinski definition) is 3. The van der Waals surface area contributed by atoms with E-state index in [4.69, 9.17) is 10.8 Å². The van der Waals surface area contributed by atoms with Crippen LogP contribution in [0, 0.1) is 0 Å². The normalized spacial score (nSPS) is 10.4. The van der Waals surface area contributed by atoms with Gasteiger partial charge in [-0.15, -0.1) is 0 Å². The molecule has 0 spiro atoms. The van der Waals surface area contributed by atoms with E-state index in [-0.39, 0.29) is 35.8 Å². The van der Waals surface area contributed by atoms with Gasteiger partial charge >= 0.3 is 5.97 Å². The summed E-state index contributed by atoms with van der Waals surface area (Å²) in [7, 11) is 0. The van der Waals surface area contributed by atoms with E-state index in [1.165, 1.54) is 6.07 Å². The number of carbonyl (C=O) groups excluding carboxylic acids is 1. The molecule has 7 nitrogen and oxygen atoms in total. The third-order valence-corrected chi connectivity index (χ3v) is 3.82. The van der Waals surface area contributed by atoms with Crippen LogP contribution in [0.25, 0.3) is 0 Å². The fourth-order valence-electron chi connectivity index (χ4n) is 1.90. The molecule has 120 valence electrons. The summed E-state index contributed by atoms with van der Waals surface area (Å²) < 4.78 is 0. The maximum absolute atomic E-state index is 12.0. The van der Waals surface area contributed by atoms with Crippen LogP contribution < -0.4 is 11.3 Å². The molecule has 1 aromatic carbocycles. The van der Waals surface area contributed by atoms with Crippen molar-refractivity contribution in [3.05, 3.63) is 51.8 Å². The summed E-state index contributed by atoms with van der Waals surface area (Å²) in [6.07, 6.45) is 0.186. The highest BCUT2D eigenvalue weighted by Gasteiger charge is 2.08. The Balaban J connectivity index is 1.89. The highest BCUT2D eigenvalue weighted by molar-refractivity contribution is 7.99. The van der Waals surface area contributed by atoms with Gasteiger partial charge in [0.2, 0.25) is 0 Å². The minimum absolute atomic E-state index is 0.0361. The zero-order valence-corrected chi connectivity index (χ0v) is 12.9. The Labute approximate surface area is 135 Å². The molecule has 0 bridgehead atoms. The number of aliphatic carboxylic acids is 1. The highest BCUT2D eigenvalue weighted by atomic mass is 32.2. The number of aromatic nitrogens is 2. The number of carbonyl (C=O) groups is 2. The van der Waals surface area contributed by atoms with Crippen LogP contribution in [0.4, 0.5) is 5.82 Å². The van der Waals surface area contributed by atoms with Gasteiger partial charge in [0.25, 0.3) is 5.56 Å². The number of H-pyrrole nitrogens is 1. The molecule has 0 radical (unpaired) electrons. The molecule has 0 saturated carbocycles. The standard InChI is InChI=1S/C15H15N3O4S/c16-12-7-13(20)18-15(17-12)23-8-11(19)5-9-1-3-10(4-2-9)6-14(21)22/h1-4,7H,5-6,8H2,(H,21,22)(H3,16,17,18,20). The average Bonchev–Trinajstić information content (AvgIpc) is 2.46. The molecule has 1 heterocycles. The number of carboxylic acid groups (broad SMARTS) is 1. The highest BCUT2D eigenvalue weighted by Crippen LogP contribution is 2.14. The minimum atomic E-state index is -0.895. The minimum Gasteiger partial charge on any atom is -0.481 e. The van der Waals surface area contributed by atoms with Crippen LogP contribution in [-0.4, -0.2) is 32.6 Å². The topological polar surface area (TPSA) is 126 Å². The van der Waals surface area contributed by atoms with E-state index >= 15 is 0 Å². The number of nitrogens with one attached hydrogen (secondary N) is 1. The first-order valence-electron chi connectivity index (χ1n) is 6.73. The van der Waals surface area contributed by atoms with Crippen LogP contribution >= 0.6 is 11.8 Å². The number of rotatable bonds is 7. The molecule has 0 saturated heterocycles. The number of carboxylic acids is 1. The van der Waals surface area contributed by atoms with Crippen molar-refractivity contribution in [2.75, 3.05) is 11.5 Å². The number of benzene rings is 1. The van der Waals surface area contributed by atoms with Crippen LogP contribution in [0.15, 0.2) is 40.3 Å². The second-order valence-electron chi connectivity index (χ2n) is 4.87. The number of aromatic amines is 1. The van der Waals surface area contributed by atoms with Gasteiger partial charge in [-0.3, -0.25) is 14.4 Å². The van der Waals surface area contributed by atoms with Crippen molar-refractivity contribution < 1.29 is 14.7 Å². The van der Waals surface area contributed by atoms with Gasteiger partial charge in [-0.25, -0.2) is 4.98 Å². The van der Waals surface area contributed by atoms with Crippen molar-refractivity contribution in [1.82, 2.24) is 9.97 Å². The summed E-state index contributed by atoms with van der Waals surface area (Å²) >= 11 is 1.11. The molecule has 0 fully saturated rings. The fraction of sp³-hybridized carbons (Fsp3) is 0.200. The molecule has 2 aromatic rings. The molecule has 1 aromatic heterocycles. The van der Waals surface area contributed by atoms with E-state index in [0.717, 1.165) is 17.3 Å². The van der Waals surface area contributed by atoms with E-state index in [2.05, 4.69) is 9.97 Å². The SMILES string of the molecule is Nc1cc(=O)[nH]c(SCC(=O)Cc2ccc(CC(=O)O)cc2)n1. The number of nitrogen functional groups attached to an aromatic ring is 1. The maximum atomic E-state index is 12.0. The average molecular weight is 333 g/mol. The van der Waals surface area contributed by atoms with E-state index in [1.807, 2.05) is 0 Å². The zero-order valence-electron chi connectivity index (χ0n) is 12.1. The van der Waals surface area contributed by atoms with E-state index in [9.17, 15) is 14.4 Å². The van der Waals surface area contributed by atoms with Gasteiger partial charge in [-0.05, 0) is 11.1 Å². The Bertz CT molecular complexity index is 771. The molecule has 8 heteroatoms. The molecular formula is C15H15N3O4S. The monoisotopic (exact) mass is 333 g/mol. The Morgan fingerprint density at radius 2 is 1.78 bits per heavy atom. The molecular weight excluding hydrogens is 318 g/mol. The molecule has 2 rings (SSSR count). The van der Waals surface area contributed by atoms with Crippen LogP contribution in [0.5, 0.6) is 0 Å². The van der Waals surface area contributed by atoms with Crippen LogP contribution in [-0.2, 0) is 22.4 Å². The molecule has 23 heavy (non-hydrogen) atoms. The Hall–Kier alpha value is -2.61. The lowest BCUT2D eigenvalue weighted by atomic mass is 10.1. The Morgan fingerprint density at radius 3 is 2.35 bits per heavy atom. The molecule has 0 aliphatic carbocycles. The number of nitrogens with two attached hydrogens (primary N) is 1. The molecule has 0 atom stereocenters. The van der Waals surface area contributed by atoms with E-state index in [0.29, 0.717) is 10.7 Å². The Kier molecular flexibility index (Phi) is 5.53. The summed E-state index contributed by atoms with van der Waals surface area (Å²) in [4.78, 5) is 40.2. The fourth-order valence-corrected chi connectivity index (χ4v) is 2.64. The first-order chi connectivity index (χ1) is 10.9. The second kappa shape index (κ2) is 7.59.